The van der Waals surface area contributed by atoms with Crippen LogP contribution in [0.25, 0.3) is 0 Å². The molecule has 12 heavy (non-hydrogen) atoms. The summed E-state index contributed by atoms with van der Waals surface area (Å²) in [5, 5.41) is 3.09. The van der Waals surface area contributed by atoms with Crippen LogP contribution >= 0.6 is 22.6 Å². The molecule has 0 radical (unpaired) electrons. The quantitative estimate of drug-likeness (QED) is 0.460. The minimum Gasteiger partial charge on any atom is -0.389 e. The van der Waals surface area contributed by atoms with Gasteiger partial charge < -0.3 is 5.32 Å². The molecule has 0 heterocycles. The summed E-state index contributed by atoms with van der Waals surface area (Å²) >= 11 is 2.28. The summed E-state index contributed by atoms with van der Waals surface area (Å²) in [6.45, 7) is 4.82. The zero-order valence-electron chi connectivity index (χ0n) is 7.69. The Morgan fingerprint density at radius 2 is 2.25 bits per heavy atom. The molecule has 3 heteroatoms. The number of carbonyl (C=O) groups excluding carboxylic acids is 1. The molecular weight excluding hydrogens is 265 g/mol. The van der Waals surface area contributed by atoms with Crippen molar-refractivity contribution in [2.24, 2.45) is 0 Å². The zero-order valence-corrected chi connectivity index (χ0v) is 9.85. The van der Waals surface area contributed by atoms with E-state index in [2.05, 4.69) is 27.9 Å². The summed E-state index contributed by atoms with van der Waals surface area (Å²) in [7, 11) is 0. The van der Waals surface area contributed by atoms with E-state index in [9.17, 15) is 4.79 Å². The molecule has 0 aromatic carbocycles. The smallest absolute Gasteiger partial charge is 0.157 e. The van der Waals surface area contributed by atoms with Crippen LogP contribution in [0, 0.1) is 0 Å². The van der Waals surface area contributed by atoms with Gasteiger partial charge in [0.1, 0.15) is 0 Å². The number of halogens is 1. The first-order valence-electron chi connectivity index (χ1n) is 4.21. The van der Waals surface area contributed by atoms with Gasteiger partial charge in [0.25, 0.3) is 0 Å². The molecule has 1 N–H and O–H groups in total. The van der Waals surface area contributed by atoms with Crippen LogP contribution in [0.15, 0.2) is 11.8 Å². The third kappa shape index (κ3) is 6.64. The number of alkyl halides is 1. The van der Waals surface area contributed by atoms with Crippen LogP contribution in [-0.2, 0) is 4.79 Å². The maximum absolute atomic E-state index is 11.2. The van der Waals surface area contributed by atoms with Crippen molar-refractivity contribution in [2.45, 2.75) is 26.7 Å². The predicted octanol–water partition coefficient (Wildman–Crippen LogP) is 2.28. The summed E-state index contributed by atoms with van der Waals surface area (Å²) in [5.74, 6) is 0.227. The first-order chi connectivity index (χ1) is 5.70. The number of allylic oxidation sites excluding steroid dienone is 2. The highest BCUT2D eigenvalue weighted by atomic mass is 127. The van der Waals surface area contributed by atoms with Gasteiger partial charge in [0.05, 0.1) is 0 Å². The van der Waals surface area contributed by atoms with E-state index in [1.165, 1.54) is 0 Å². The molecule has 0 spiro atoms. The van der Waals surface area contributed by atoms with E-state index in [1.54, 1.807) is 6.08 Å². The molecule has 0 aromatic heterocycles. The fourth-order valence-electron chi connectivity index (χ4n) is 0.885. The number of rotatable bonds is 6. The summed E-state index contributed by atoms with van der Waals surface area (Å²) in [6.07, 6.45) is 3.34. The van der Waals surface area contributed by atoms with Crippen molar-refractivity contribution >= 4 is 28.4 Å². The Morgan fingerprint density at radius 1 is 1.58 bits per heavy atom. The molecule has 0 aromatic rings. The van der Waals surface area contributed by atoms with Crippen molar-refractivity contribution in [3.8, 4) is 0 Å². The largest absolute Gasteiger partial charge is 0.389 e. The lowest BCUT2D eigenvalue weighted by Crippen LogP contribution is -2.11. The molecule has 0 aliphatic carbocycles. The van der Waals surface area contributed by atoms with Gasteiger partial charge in [-0.25, -0.2) is 0 Å². The molecule has 70 valence electrons. The fourth-order valence-corrected chi connectivity index (χ4v) is 1.27. The van der Waals surface area contributed by atoms with E-state index >= 15 is 0 Å². The van der Waals surface area contributed by atoms with Crippen LogP contribution in [0.3, 0.4) is 0 Å². The van der Waals surface area contributed by atoms with Crippen LogP contribution in [-0.4, -0.2) is 16.8 Å². The SMILES string of the molecule is CCN/C(C)=C\C(=O)CCCI. The molecule has 0 unspecified atom stereocenters. The van der Waals surface area contributed by atoms with Crippen molar-refractivity contribution in [3.05, 3.63) is 11.8 Å². The van der Waals surface area contributed by atoms with E-state index in [-0.39, 0.29) is 5.78 Å². The van der Waals surface area contributed by atoms with Crippen LogP contribution < -0.4 is 5.32 Å². The predicted molar refractivity (Wildman–Crippen MR) is 60.6 cm³/mol. The highest BCUT2D eigenvalue weighted by molar-refractivity contribution is 14.1. The Morgan fingerprint density at radius 3 is 2.75 bits per heavy atom. The normalized spacial score (nSPS) is 11.4. The van der Waals surface area contributed by atoms with E-state index in [0.717, 1.165) is 23.1 Å². The lowest BCUT2D eigenvalue weighted by atomic mass is 10.2. The molecule has 0 aliphatic heterocycles. The molecule has 0 aliphatic rings. The molecule has 0 saturated heterocycles. The standard InChI is InChI=1S/C9H16INO/c1-3-11-8(2)7-9(12)5-4-6-10/h7,11H,3-6H2,1-2H3/b8-7-. The lowest BCUT2D eigenvalue weighted by molar-refractivity contribution is -0.114. The minimum absolute atomic E-state index is 0.227. The number of hydrogen-bond acceptors (Lipinski definition) is 2. The second-order valence-electron chi connectivity index (χ2n) is 2.62. The third-order valence-corrected chi connectivity index (χ3v) is 2.15. The van der Waals surface area contributed by atoms with Gasteiger partial charge in [-0.3, -0.25) is 4.79 Å². The molecule has 0 atom stereocenters. The minimum atomic E-state index is 0.227. The Bertz CT molecular complexity index is 166. The number of ketones is 1. The van der Waals surface area contributed by atoms with Gasteiger partial charge in [0.2, 0.25) is 0 Å². The summed E-state index contributed by atoms with van der Waals surface area (Å²) < 4.78 is 1.05. The Kier molecular flexibility index (Phi) is 7.54. The summed E-state index contributed by atoms with van der Waals surface area (Å²) in [4.78, 5) is 11.2. The van der Waals surface area contributed by atoms with Crippen molar-refractivity contribution < 1.29 is 4.79 Å². The topological polar surface area (TPSA) is 29.1 Å². The molecule has 0 rings (SSSR count). The van der Waals surface area contributed by atoms with Crippen molar-refractivity contribution in [3.63, 3.8) is 0 Å². The van der Waals surface area contributed by atoms with Gasteiger partial charge in [-0.15, -0.1) is 0 Å². The molecule has 0 bridgehead atoms. The first kappa shape index (κ1) is 11.9. The van der Waals surface area contributed by atoms with E-state index in [4.69, 9.17) is 0 Å². The van der Waals surface area contributed by atoms with Gasteiger partial charge >= 0.3 is 0 Å². The molecular formula is C9H16INO. The Balaban J connectivity index is 3.71. The Labute approximate surface area is 87.9 Å². The van der Waals surface area contributed by atoms with E-state index in [1.807, 2.05) is 13.8 Å². The highest BCUT2D eigenvalue weighted by Gasteiger charge is 1.96. The molecule has 0 amide bonds. The maximum Gasteiger partial charge on any atom is 0.157 e. The van der Waals surface area contributed by atoms with Gasteiger partial charge in [0, 0.05) is 18.7 Å². The van der Waals surface area contributed by atoms with Crippen LogP contribution in [0.5, 0.6) is 0 Å². The average Bonchev–Trinajstić information content (AvgIpc) is 2.01. The first-order valence-corrected chi connectivity index (χ1v) is 5.74. The average molecular weight is 281 g/mol. The fraction of sp³-hybridized carbons (Fsp3) is 0.667. The van der Waals surface area contributed by atoms with Crippen LogP contribution in [0.1, 0.15) is 26.7 Å². The van der Waals surface area contributed by atoms with Crippen molar-refractivity contribution in [2.75, 3.05) is 11.0 Å². The highest BCUT2D eigenvalue weighted by Crippen LogP contribution is 1.98. The molecule has 0 fully saturated rings. The van der Waals surface area contributed by atoms with Gasteiger partial charge in [-0.2, -0.15) is 0 Å². The maximum atomic E-state index is 11.2. The number of carbonyl (C=O) groups is 1. The van der Waals surface area contributed by atoms with Crippen molar-refractivity contribution in [1.29, 1.82) is 0 Å². The zero-order chi connectivity index (χ0) is 9.40. The second-order valence-corrected chi connectivity index (χ2v) is 3.70. The summed E-state index contributed by atoms with van der Waals surface area (Å²) in [6, 6.07) is 0. The third-order valence-electron chi connectivity index (χ3n) is 1.39. The Hall–Kier alpha value is -0.0600. The second kappa shape index (κ2) is 7.58. The van der Waals surface area contributed by atoms with E-state index < -0.39 is 0 Å². The van der Waals surface area contributed by atoms with E-state index in [0.29, 0.717) is 6.42 Å². The molecule has 2 nitrogen and oxygen atoms in total. The lowest BCUT2D eigenvalue weighted by Gasteiger charge is -2.01. The molecule has 0 saturated carbocycles. The number of hydrogen-bond donors (Lipinski definition) is 1. The van der Waals surface area contributed by atoms with Crippen molar-refractivity contribution in [1.82, 2.24) is 5.32 Å². The van der Waals surface area contributed by atoms with Gasteiger partial charge in [-0.05, 0) is 30.8 Å². The van der Waals surface area contributed by atoms with Gasteiger partial charge in [-0.1, -0.05) is 22.6 Å². The summed E-state index contributed by atoms with van der Waals surface area (Å²) in [5.41, 5.74) is 0.968. The monoisotopic (exact) mass is 281 g/mol. The van der Waals surface area contributed by atoms with Gasteiger partial charge in [0.15, 0.2) is 5.78 Å². The van der Waals surface area contributed by atoms with Crippen LogP contribution in [0.4, 0.5) is 0 Å². The number of nitrogens with one attached hydrogen (secondary N) is 1. The van der Waals surface area contributed by atoms with Crippen LogP contribution in [0.2, 0.25) is 0 Å².